The third kappa shape index (κ3) is 4.20. The second-order valence-corrected chi connectivity index (χ2v) is 5.45. The Hall–Kier alpha value is -1.10. The zero-order valence-corrected chi connectivity index (χ0v) is 12.4. The molecule has 0 amide bonds. The van der Waals surface area contributed by atoms with E-state index < -0.39 is 0 Å². The summed E-state index contributed by atoms with van der Waals surface area (Å²) in [6.45, 7) is 4.95. The van der Waals surface area contributed by atoms with Crippen LogP contribution in [0, 0.1) is 5.92 Å². The van der Waals surface area contributed by atoms with E-state index in [1.165, 1.54) is 32.1 Å². The molecular formula is C13H22ClN5. The largest absolute Gasteiger partial charge is 0.354 e. The second kappa shape index (κ2) is 6.89. The van der Waals surface area contributed by atoms with Crippen LogP contribution < -0.4 is 10.6 Å². The zero-order valence-electron chi connectivity index (χ0n) is 11.6. The maximum atomic E-state index is 5.91. The van der Waals surface area contributed by atoms with E-state index in [9.17, 15) is 0 Å². The van der Waals surface area contributed by atoms with Gasteiger partial charge in [0.25, 0.3) is 0 Å². The van der Waals surface area contributed by atoms with Crippen molar-refractivity contribution in [1.29, 1.82) is 0 Å². The van der Waals surface area contributed by atoms with Crippen molar-refractivity contribution in [1.82, 2.24) is 15.0 Å². The molecule has 5 nitrogen and oxygen atoms in total. The van der Waals surface area contributed by atoms with Gasteiger partial charge in [-0.05, 0) is 44.2 Å². The van der Waals surface area contributed by atoms with Crippen molar-refractivity contribution < 1.29 is 0 Å². The SMILES string of the molecule is CCNc1nc(Cl)nc(NC(C)C2CCCCC2)n1. The highest BCUT2D eigenvalue weighted by Gasteiger charge is 2.20. The van der Waals surface area contributed by atoms with Gasteiger partial charge in [0, 0.05) is 12.6 Å². The molecule has 2 N–H and O–H groups in total. The quantitative estimate of drug-likeness (QED) is 0.868. The van der Waals surface area contributed by atoms with E-state index in [0.29, 0.717) is 23.9 Å². The Morgan fingerprint density at radius 2 is 1.84 bits per heavy atom. The van der Waals surface area contributed by atoms with Gasteiger partial charge in [0.05, 0.1) is 0 Å². The molecule has 0 bridgehead atoms. The van der Waals surface area contributed by atoms with Crippen LogP contribution in [0.4, 0.5) is 11.9 Å². The summed E-state index contributed by atoms with van der Waals surface area (Å²) < 4.78 is 0. The van der Waals surface area contributed by atoms with E-state index in [4.69, 9.17) is 11.6 Å². The summed E-state index contributed by atoms with van der Waals surface area (Å²) in [5.41, 5.74) is 0. The van der Waals surface area contributed by atoms with Crippen LogP contribution in [-0.2, 0) is 0 Å². The van der Waals surface area contributed by atoms with Crippen LogP contribution in [0.15, 0.2) is 0 Å². The first-order valence-electron chi connectivity index (χ1n) is 7.11. The Balaban J connectivity index is 2.00. The first-order chi connectivity index (χ1) is 9.19. The number of hydrogen-bond acceptors (Lipinski definition) is 5. The van der Waals surface area contributed by atoms with Crippen LogP contribution >= 0.6 is 11.6 Å². The van der Waals surface area contributed by atoms with Gasteiger partial charge in [-0.2, -0.15) is 15.0 Å². The van der Waals surface area contributed by atoms with Crippen molar-refractivity contribution >= 4 is 23.5 Å². The summed E-state index contributed by atoms with van der Waals surface area (Å²) in [6.07, 6.45) is 6.60. The lowest BCUT2D eigenvalue weighted by Gasteiger charge is -2.28. The molecule has 1 aliphatic rings. The van der Waals surface area contributed by atoms with E-state index in [1.807, 2.05) is 6.92 Å². The fraction of sp³-hybridized carbons (Fsp3) is 0.769. The van der Waals surface area contributed by atoms with Crippen molar-refractivity contribution in [2.45, 2.75) is 52.0 Å². The Kier molecular flexibility index (Phi) is 5.19. The molecule has 0 spiro atoms. The number of halogens is 1. The number of rotatable bonds is 5. The molecule has 6 heteroatoms. The molecule has 106 valence electrons. The summed E-state index contributed by atoms with van der Waals surface area (Å²) in [4.78, 5) is 12.5. The second-order valence-electron chi connectivity index (χ2n) is 5.11. The smallest absolute Gasteiger partial charge is 0.229 e. The van der Waals surface area contributed by atoms with Crippen LogP contribution in [0.1, 0.15) is 46.0 Å². The topological polar surface area (TPSA) is 62.7 Å². The van der Waals surface area contributed by atoms with Crippen molar-refractivity contribution in [3.63, 3.8) is 0 Å². The van der Waals surface area contributed by atoms with Gasteiger partial charge in [-0.1, -0.05) is 19.3 Å². The van der Waals surface area contributed by atoms with E-state index in [-0.39, 0.29) is 5.28 Å². The van der Waals surface area contributed by atoms with E-state index in [2.05, 4.69) is 32.5 Å². The highest BCUT2D eigenvalue weighted by molar-refractivity contribution is 6.28. The molecule has 1 heterocycles. The van der Waals surface area contributed by atoms with Gasteiger partial charge in [0.2, 0.25) is 17.2 Å². The van der Waals surface area contributed by atoms with Crippen LogP contribution in [-0.4, -0.2) is 27.5 Å². The predicted octanol–water partition coefficient (Wildman–Crippen LogP) is 3.34. The van der Waals surface area contributed by atoms with E-state index in [0.717, 1.165) is 6.54 Å². The average molecular weight is 284 g/mol. The minimum atomic E-state index is 0.226. The van der Waals surface area contributed by atoms with E-state index >= 15 is 0 Å². The molecular weight excluding hydrogens is 262 g/mol. The van der Waals surface area contributed by atoms with Crippen molar-refractivity contribution in [2.24, 2.45) is 5.92 Å². The Morgan fingerprint density at radius 3 is 2.53 bits per heavy atom. The molecule has 1 aromatic heterocycles. The van der Waals surface area contributed by atoms with Crippen molar-refractivity contribution in [3.8, 4) is 0 Å². The molecule has 1 aliphatic carbocycles. The predicted molar refractivity (Wildman–Crippen MR) is 78.7 cm³/mol. The van der Waals surface area contributed by atoms with Gasteiger partial charge < -0.3 is 10.6 Å². The third-order valence-corrected chi connectivity index (χ3v) is 3.83. The fourth-order valence-corrected chi connectivity index (χ4v) is 2.77. The lowest BCUT2D eigenvalue weighted by molar-refractivity contribution is 0.327. The minimum Gasteiger partial charge on any atom is -0.354 e. The summed E-state index contributed by atoms with van der Waals surface area (Å²) in [7, 11) is 0. The monoisotopic (exact) mass is 283 g/mol. The maximum absolute atomic E-state index is 5.91. The molecule has 1 fully saturated rings. The molecule has 1 aromatic rings. The molecule has 2 rings (SSSR count). The van der Waals surface area contributed by atoms with Gasteiger partial charge in [-0.3, -0.25) is 0 Å². The molecule has 1 atom stereocenters. The number of nitrogens with zero attached hydrogens (tertiary/aromatic N) is 3. The van der Waals surface area contributed by atoms with Gasteiger partial charge in [-0.25, -0.2) is 0 Å². The minimum absolute atomic E-state index is 0.226. The lowest BCUT2D eigenvalue weighted by Crippen LogP contribution is -2.28. The van der Waals surface area contributed by atoms with Crippen molar-refractivity contribution in [3.05, 3.63) is 5.28 Å². The third-order valence-electron chi connectivity index (χ3n) is 3.66. The zero-order chi connectivity index (χ0) is 13.7. The standard InChI is InChI=1S/C13H22ClN5/c1-3-15-12-17-11(14)18-13(19-12)16-9(2)10-7-5-4-6-8-10/h9-10H,3-8H2,1-2H3,(H2,15,16,17,18,19). The summed E-state index contributed by atoms with van der Waals surface area (Å²) in [6, 6.07) is 0.369. The highest BCUT2D eigenvalue weighted by atomic mass is 35.5. The van der Waals surface area contributed by atoms with Crippen LogP contribution in [0.3, 0.4) is 0 Å². The number of hydrogen-bond donors (Lipinski definition) is 2. The average Bonchev–Trinajstić information content (AvgIpc) is 2.39. The van der Waals surface area contributed by atoms with Gasteiger partial charge in [-0.15, -0.1) is 0 Å². The van der Waals surface area contributed by atoms with Crippen LogP contribution in [0.5, 0.6) is 0 Å². The Labute approximate surface area is 119 Å². The number of anilines is 2. The van der Waals surface area contributed by atoms with Crippen molar-refractivity contribution in [2.75, 3.05) is 17.2 Å². The lowest BCUT2D eigenvalue weighted by atomic mass is 9.85. The Morgan fingerprint density at radius 1 is 1.16 bits per heavy atom. The molecule has 1 saturated carbocycles. The molecule has 0 radical (unpaired) electrons. The van der Waals surface area contributed by atoms with Crippen LogP contribution in [0.2, 0.25) is 5.28 Å². The van der Waals surface area contributed by atoms with Gasteiger partial charge in [0.15, 0.2) is 0 Å². The molecule has 0 saturated heterocycles. The fourth-order valence-electron chi connectivity index (χ4n) is 2.61. The van der Waals surface area contributed by atoms with Gasteiger partial charge in [0.1, 0.15) is 0 Å². The molecule has 19 heavy (non-hydrogen) atoms. The van der Waals surface area contributed by atoms with E-state index in [1.54, 1.807) is 0 Å². The molecule has 0 aromatic carbocycles. The maximum Gasteiger partial charge on any atom is 0.229 e. The number of aromatic nitrogens is 3. The molecule has 0 aliphatic heterocycles. The number of nitrogens with one attached hydrogen (secondary N) is 2. The van der Waals surface area contributed by atoms with Gasteiger partial charge >= 0.3 is 0 Å². The summed E-state index contributed by atoms with van der Waals surface area (Å²) in [5.74, 6) is 1.79. The normalized spacial score (nSPS) is 18.1. The first-order valence-corrected chi connectivity index (χ1v) is 7.49. The summed E-state index contributed by atoms with van der Waals surface area (Å²) >= 11 is 5.91. The Bertz CT molecular complexity index is 406. The van der Waals surface area contributed by atoms with Crippen LogP contribution in [0.25, 0.3) is 0 Å². The highest BCUT2D eigenvalue weighted by Crippen LogP contribution is 2.27. The first kappa shape index (κ1) is 14.3. The summed E-state index contributed by atoms with van der Waals surface area (Å²) in [5, 5.41) is 6.65. The molecule has 1 unspecified atom stereocenters.